The van der Waals surface area contributed by atoms with Crippen LogP contribution in [0.3, 0.4) is 0 Å². The maximum Gasteiger partial charge on any atom is 0.231 e. The first-order valence-electron chi connectivity index (χ1n) is 11.1. The summed E-state index contributed by atoms with van der Waals surface area (Å²) in [6.45, 7) is 3.10. The van der Waals surface area contributed by atoms with Crippen molar-refractivity contribution in [2.24, 2.45) is 0 Å². The minimum atomic E-state index is -0.498. The van der Waals surface area contributed by atoms with E-state index in [0.717, 1.165) is 80.2 Å². The lowest BCUT2D eigenvalue weighted by Gasteiger charge is -2.37. The van der Waals surface area contributed by atoms with Gasteiger partial charge in [0.1, 0.15) is 5.75 Å². The van der Waals surface area contributed by atoms with Crippen molar-refractivity contribution >= 4 is 5.69 Å². The number of rotatable bonds is 3. The normalized spacial score (nSPS) is 25.0. The minimum Gasteiger partial charge on any atom is -0.491 e. The molecular weight excluding hydrogens is 380 g/mol. The molecule has 0 unspecified atom stereocenters. The van der Waals surface area contributed by atoms with Crippen LogP contribution in [0.5, 0.6) is 17.2 Å². The molecule has 6 rings (SSSR count). The maximum absolute atomic E-state index is 10.9. The molecule has 2 atom stereocenters. The zero-order valence-corrected chi connectivity index (χ0v) is 17.1. The third-order valence-corrected chi connectivity index (χ3v) is 6.97. The summed E-state index contributed by atoms with van der Waals surface area (Å²) < 4.78 is 17.0. The lowest BCUT2D eigenvalue weighted by molar-refractivity contribution is 0.131. The highest BCUT2D eigenvalue weighted by atomic mass is 16.7. The second kappa shape index (κ2) is 7.36. The number of ether oxygens (including phenoxy) is 3. The molecule has 6 heteroatoms. The molecule has 6 nitrogen and oxygen atoms in total. The molecule has 0 aromatic heterocycles. The maximum atomic E-state index is 10.9. The van der Waals surface area contributed by atoms with Gasteiger partial charge >= 0.3 is 0 Å². The monoisotopic (exact) mass is 408 g/mol. The molecule has 3 aliphatic heterocycles. The predicted octanol–water partition coefficient (Wildman–Crippen LogP) is 2.96. The van der Waals surface area contributed by atoms with Crippen LogP contribution in [-0.4, -0.2) is 43.7 Å². The predicted molar refractivity (Wildman–Crippen MR) is 114 cm³/mol. The molecule has 1 aliphatic carbocycles. The van der Waals surface area contributed by atoms with Crippen molar-refractivity contribution in [1.82, 2.24) is 5.32 Å². The molecule has 1 saturated heterocycles. The third-order valence-electron chi connectivity index (χ3n) is 6.97. The quantitative estimate of drug-likeness (QED) is 0.814. The average Bonchev–Trinajstić information content (AvgIpc) is 3.36. The molecule has 2 N–H and O–H groups in total. The number of hydrogen-bond acceptors (Lipinski definition) is 6. The van der Waals surface area contributed by atoms with Crippen LogP contribution >= 0.6 is 0 Å². The van der Waals surface area contributed by atoms with Crippen molar-refractivity contribution in [2.45, 2.75) is 50.3 Å². The summed E-state index contributed by atoms with van der Waals surface area (Å²) in [5.41, 5.74) is 4.72. The molecule has 0 spiro atoms. The average molecular weight is 408 g/mol. The number of aliphatic hydroxyl groups is 1. The Morgan fingerprint density at radius 3 is 2.70 bits per heavy atom. The summed E-state index contributed by atoms with van der Waals surface area (Å²) in [5.74, 6) is 2.63. The molecule has 1 fully saturated rings. The summed E-state index contributed by atoms with van der Waals surface area (Å²) in [6.07, 6.45) is 4.67. The lowest BCUT2D eigenvalue weighted by atomic mass is 10.00. The van der Waals surface area contributed by atoms with Gasteiger partial charge < -0.3 is 29.5 Å². The Bertz CT molecular complexity index is 954. The Balaban J connectivity index is 1.10. The first-order chi connectivity index (χ1) is 14.8. The van der Waals surface area contributed by atoms with Crippen LogP contribution in [0.2, 0.25) is 0 Å². The Labute approximate surface area is 176 Å². The Kier molecular flexibility index (Phi) is 4.50. The van der Waals surface area contributed by atoms with Gasteiger partial charge in [0.25, 0.3) is 0 Å². The van der Waals surface area contributed by atoms with Crippen LogP contribution in [0.4, 0.5) is 5.69 Å². The number of aryl methyl sites for hydroxylation is 1. The number of piperidine rings is 1. The van der Waals surface area contributed by atoms with Gasteiger partial charge in [-0.2, -0.15) is 0 Å². The Morgan fingerprint density at radius 1 is 1.00 bits per heavy atom. The van der Waals surface area contributed by atoms with Gasteiger partial charge in [-0.3, -0.25) is 0 Å². The molecule has 0 bridgehead atoms. The highest BCUT2D eigenvalue weighted by Crippen LogP contribution is 2.42. The molecule has 3 heterocycles. The van der Waals surface area contributed by atoms with E-state index in [1.807, 2.05) is 12.1 Å². The van der Waals surface area contributed by atoms with Crippen molar-refractivity contribution in [1.29, 1.82) is 0 Å². The van der Waals surface area contributed by atoms with E-state index in [2.05, 4.69) is 28.4 Å². The van der Waals surface area contributed by atoms with E-state index in [9.17, 15) is 5.11 Å². The fraction of sp³-hybridized carbons (Fsp3) is 0.500. The van der Waals surface area contributed by atoms with E-state index in [0.29, 0.717) is 6.04 Å². The van der Waals surface area contributed by atoms with Crippen molar-refractivity contribution in [3.05, 3.63) is 47.0 Å². The van der Waals surface area contributed by atoms with Crippen LogP contribution < -0.4 is 24.4 Å². The topological polar surface area (TPSA) is 63.2 Å². The van der Waals surface area contributed by atoms with E-state index in [-0.39, 0.29) is 12.8 Å². The van der Waals surface area contributed by atoms with Crippen molar-refractivity contribution in [3.8, 4) is 17.2 Å². The van der Waals surface area contributed by atoms with Gasteiger partial charge in [0.15, 0.2) is 11.5 Å². The zero-order valence-electron chi connectivity index (χ0n) is 17.1. The number of nitrogens with zero attached hydrogens (tertiary/aromatic N) is 1. The SMILES string of the molecule is O[C@H]1c2cc3c(cc2C[C@H]1NC1CCN(c2cccc4c2OCCC4)CC1)OCO3. The van der Waals surface area contributed by atoms with E-state index >= 15 is 0 Å². The highest BCUT2D eigenvalue weighted by molar-refractivity contribution is 5.63. The van der Waals surface area contributed by atoms with Gasteiger partial charge in [-0.25, -0.2) is 0 Å². The molecule has 2 aromatic carbocycles. The molecular formula is C24H28N2O4. The molecule has 2 aromatic rings. The Hall–Kier alpha value is -2.44. The van der Waals surface area contributed by atoms with Crippen LogP contribution in [0.1, 0.15) is 42.1 Å². The second-order valence-electron chi connectivity index (χ2n) is 8.81. The lowest BCUT2D eigenvalue weighted by Crippen LogP contribution is -2.47. The molecule has 30 heavy (non-hydrogen) atoms. The van der Waals surface area contributed by atoms with E-state index in [1.54, 1.807) is 0 Å². The molecule has 158 valence electrons. The van der Waals surface area contributed by atoms with Crippen LogP contribution in [0.25, 0.3) is 0 Å². The number of fused-ring (bicyclic) bond motifs is 3. The van der Waals surface area contributed by atoms with Crippen molar-refractivity contribution in [3.63, 3.8) is 0 Å². The molecule has 0 radical (unpaired) electrons. The summed E-state index contributed by atoms with van der Waals surface area (Å²) in [5, 5.41) is 14.6. The van der Waals surface area contributed by atoms with Crippen molar-refractivity contribution < 1.29 is 19.3 Å². The first kappa shape index (κ1) is 18.3. The number of aliphatic hydroxyl groups excluding tert-OH is 1. The Morgan fingerprint density at radius 2 is 1.83 bits per heavy atom. The smallest absolute Gasteiger partial charge is 0.231 e. The van der Waals surface area contributed by atoms with Crippen molar-refractivity contribution in [2.75, 3.05) is 31.4 Å². The number of anilines is 1. The molecule has 0 saturated carbocycles. The van der Waals surface area contributed by atoms with Gasteiger partial charge in [0.05, 0.1) is 18.4 Å². The fourth-order valence-corrected chi connectivity index (χ4v) is 5.38. The highest BCUT2D eigenvalue weighted by Gasteiger charge is 2.35. The van der Waals surface area contributed by atoms with E-state index < -0.39 is 6.10 Å². The number of hydrogen-bond donors (Lipinski definition) is 2. The van der Waals surface area contributed by atoms with Gasteiger partial charge in [0, 0.05) is 25.2 Å². The fourth-order valence-electron chi connectivity index (χ4n) is 5.38. The third kappa shape index (κ3) is 3.10. The summed E-state index contributed by atoms with van der Waals surface area (Å²) in [4.78, 5) is 2.46. The minimum absolute atomic E-state index is 0.0481. The largest absolute Gasteiger partial charge is 0.491 e. The second-order valence-corrected chi connectivity index (χ2v) is 8.81. The van der Waals surface area contributed by atoms with Gasteiger partial charge in [-0.1, -0.05) is 12.1 Å². The van der Waals surface area contributed by atoms with Gasteiger partial charge in [0.2, 0.25) is 6.79 Å². The molecule has 4 aliphatic rings. The van der Waals surface area contributed by atoms with E-state index in [4.69, 9.17) is 14.2 Å². The number of nitrogens with one attached hydrogen (secondary N) is 1. The van der Waals surface area contributed by atoms with E-state index in [1.165, 1.54) is 11.3 Å². The van der Waals surface area contributed by atoms with Gasteiger partial charge in [-0.05, 0) is 67.0 Å². The van der Waals surface area contributed by atoms with Crippen LogP contribution in [0, 0.1) is 0 Å². The zero-order chi connectivity index (χ0) is 20.1. The number of para-hydroxylation sites is 1. The summed E-state index contributed by atoms with van der Waals surface area (Å²) in [6, 6.07) is 11.0. The van der Waals surface area contributed by atoms with Crippen LogP contribution in [-0.2, 0) is 12.8 Å². The summed E-state index contributed by atoms with van der Waals surface area (Å²) in [7, 11) is 0. The van der Waals surface area contributed by atoms with Gasteiger partial charge in [-0.15, -0.1) is 0 Å². The summed E-state index contributed by atoms with van der Waals surface area (Å²) >= 11 is 0. The standard InChI is InChI=1S/C24H28N2O4/c27-23-18-13-22-21(29-14-30-22)12-16(18)11-19(23)25-17-6-8-26(9-7-17)20-5-1-3-15-4-2-10-28-24(15)20/h1,3,5,12-13,17,19,23,25,27H,2,4,6-11,14H2/t19-,23+/m1/s1. The first-order valence-corrected chi connectivity index (χ1v) is 11.1. The van der Waals surface area contributed by atoms with Crippen LogP contribution in [0.15, 0.2) is 30.3 Å². The number of benzene rings is 2. The molecule has 0 amide bonds.